The van der Waals surface area contributed by atoms with Crippen LogP contribution in [0.2, 0.25) is 0 Å². The number of benzene rings is 1. The highest BCUT2D eigenvalue weighted by Crippen LogP contribution is 2.21. The van der Waals surface area contributed by atoms with Crippen LogP contribution in [0.4, 0.5) is 10.1 Å². The van der Waals surface area contributed by atoms with Crippen molar-refractivity contribution in [3.05, 3.63) is 29.6 Å². The molecule has 0 radical (unpaired) electrons. The third-order valence-corrected chi connectivity index (χ3v) is 5.38. The van der Waals surface area contributed by atoms with E-state index < -0.39 is 0 Å². The average molecular weight is 533 g/mol. The fourth-order valence-electron chi connectivity index (χ4n) is 3.74. The molecule has 3 rings (SSSR count). The Hall–Kier alpha value is -1.62. The number of hydrogen-bond donors (Lipinski definition) is 2. The van der Waals surface area contributed by atoms with Gasteiger partial charge in [0, 0.05) is 51.7 Å². The van der Waals surface area contributed by atoms with Crippen molar-refractivity contribution in [1.82, 2.24) is 15.5 Å². The van der Waals surface area contributed by atoms with Crippen molar-refractivity contribution >= 4 is 41.5 Å². The smallest absolute Gasteiger partial charge is 0.225 e. The van der Waals surface area contributed by atoms with Crippen LogP contribution < -0.4 is 15.5 Å². The first-order valence-electron chi connectivity index (χ1n) is 10.3. The van der Waals surface area contributed by atoms with Crippen LogP contribution in [0.1, 0.15) is 25.8 Å². The first kappa shape index (κ1) is 24.6. The number of amides is 1. The summed E-state index contributed by atoms with van der Waals surface area (Å²) in [6.07, 6.45) is 0.891. The lowest BCUT2D eigenvalue weighted by molar-refractivity contribution is -0.133. The molecule has 2 aliphatic heterocycles. The number of carbonyl (C=O) groups excluding carboxylic acids is 1. The molecule has 30 heavy (non-hydrogen) atoms. The molecule has 0 aromatic heterocycles. The maximum absolute atomic E-state index is 14.6. The first-order chi connectivity index (χ1) is 14.0. The fourth-order valence-corrected chi connectivity index (χ4v) is 3.74. The molecule has 1 atom stereocenters. The molecule has 0 aliphatic carbocycles. The van der Waals surface area contributed by atoms with E-state index in [9.17, 15) is 9.18 Å². The van der Waals surface area contributed by atoms with E-state index in [0.29, 0.717) is 51.0 Å². The normalized spacial score (nSPS) is 19.6. The Morgan fingerprint density at radius 1 is 1.30 bits per heavy atom. The van der Waals surface area contributed by atoms with Crippen LogP contribution >= 0.6 is 24.0 Å². The molecule has 2 saturated heterocycles. The number of carbonyl (C=O) groups is 1. The third kappa shape index (κ3) is 6.44. The summed E-state index contributed by atoms with van der Waals surface area (Å²) < 4.78 is 19.9. The van der Waals surface area contributed by atoms with Gasteiger partial charge in [0.05, 0.1) is 18.9 Å². The van der Waals surface area contributed by atoms with Gasteiger partial charge in [0.25, 0.3) is 0 Å². The summed E-state index contributed by atoms with van der Waals surface area (Å²) in [5.41, 5.74) is 1.48. The van der Waals surface area contributed by atoms with Crippen molar-refractivity contribution in [3.63, 3.8) is 0 Å². The topological polar surface area (TPSA) is 69.2 Å². The fraction of sp³-hybridized carbons (Fsp3) is 0.619. The number of guanidine groups is 1. The third-order valence-electron chi connectivity index (χ3n) is 5.38. The van der Waals surface area contributed by atoms with Crippen molar-refractivity contribution in [1.29, 1.82) is 0 Å². The van der Waals surface area contributed by atoms with Crippen molar-refractivity contribution in [2.24, 2.45) is 10.9 Å². The number of halogens is 2. The lowest BCUT2D eigenvalue weighted by Crippen LogP contribution is -2.45. The highest BCUT2D eigenvalue weighted by molar-refractivity contribution is 14.0. The van der Waals surface area contributed by atoms with Gasteiger partial charge in [0.15, 0.2) is 5.96 Å². The predicted molar refractivity (Wildman–Crippen MR) is 128 cm³/mol. The molecule has 168 valence electrons. The van der Waals surface area contributed by atoms with Gasteiger partial charge in [-0.25, -0.2) is 4.39 Å². The van der Waals surface area contributed by atoms with Crippen LogP contribution in [0.25, 0.3) is 0 Å². The molecule has 2 heterocycles. The molecule has 9 heteroatoms. The number of aliphatic imine (C=N–C) groups is 1. The largest absolute Gasteiger partial charge is 0.378 e. The number of nitrogens with one attached hydrogen (secondary N) is 2. The van der Waals surface area contributed by atoms with Crippen molar-refractivity contribution in [3.8, 4) is 0 Å². The van der Waals surface area contributed by atoms with Crippen molar-refractivity contribution in [2.75, 3.05) is 51.3 Å². The van der Waals surface area contributed by atoms with E-state index in [1.165, 1.54) is 0 Å². The summed E-state index contributed by atoms with van der Waals surface area (Å²) in [6, 6.07) is 5.51. The van der Waals surface area contributed by atoms with Crippen LogP contribution in [0.3, 0.4) is 0 Å². The summed E-state index contributed by atoms with van der Waals surface area (Å²) in [6.45, 7) is 8.45. The zero-order chi connectivity index (χ0) is 20.8. The van der Waals surface area contributed by atoms with Gasteiger partial charge in [-0.1, -0.05) is 19.9 Å². The molecule has 2 N–H and O–H groups in total. The predicted octanol–water partition coefficient (Wildman–Crippen LogP) is 2.20. The molecule has 2 aliphatic rings. The van der Waals surface area contributed by atoms with E-state index in [2.05, 4.69) is 15.6 Å². The van der Waals surface area contributed by atoms with E-state index in [1.54, 1.807) is 13.1 Å². The van der Waals surface area contributed by atoms with Crippen LogP contribution in [0, 0.1) is 11.7 Å². The molecular formula is C21H33FIN5O2. The number of ether oxygens (including phenoxy) is 1. The van der Waals surface area contributed by atoms with Crippen molar-refractivity contribution < 1.29 is 13.9 Å². The Kier molecular flexibility index (Phi) is 9.60. The van der Waals surface area contributed by atoms with Crippen LogP contribution in [0.15, 0.2) is 23.2 Å². The van der Waals surface area contributed by atoms with Gasteiger partial charge in [-0.15, -0.1) is 24.0 Å². The quantitative estimate of drug-likeness (QED) is 0.345. The number of likely N-dealkylation sites (tertiary alicyclic amines) is 1. The highest BCUT2D eigenvalue weighted by atomic mass is 127. The monoisotopic (exact) mass is 533 g/mol. The Balaban J connectivity index is 0.00000320. The van der Waals surface area contributed by atoms with Crippen molar-refractivity contribution in [2.45, 2.75) is 32.9 Å². The van der Waals surface area contributed by atoms with E-state index in [1.807, 2.05) is 35.8 Å². The number of rotatable bonds is 5. The van der Waals surface area contributed by atoms with Gasteiger partial charge in [-0.2, -0.15) is 0 Å². The molecule has 0 bridgehead atoms. The van der Waals surface area contributed by atoms with Gasteiger partial charge in [-0.05, 0) is 24.1 Å². The lowest BCUT2D eigenvalue weighted by Gasteiger charge is -2.29. The second-order valence-corrected chi connectivity index (χ2v) is 7.88. The van der Waals surface area contributed by atoms with E-state index in [0.717, 1.165) is 18.5 Å². The van der Waals surface area contributed by atoms with Gasteiger partial charge >= 0.3 is 0 Å². The molecule has 1 unspecified atom stereocenters. The first-order valence-corrected chi connectivity index (χ1v) is 10.3. The van der Waals surface area contributed by atoms with Crippen LogP contribution in [0.5, 0.6) is 0 Å². The standard InChI is InChI=1S/C21H32FN5O2.HI/c1-15(2)20(28)27-7-6-17(14-27)25-21(23-3)24-13-16-4-5-19(18(22)12-16)26-8-10-29-11-9-26;/h4-5,12,15,17H,6-11,13-14H2,1-3H3,(H2,23,24,25);1H. The lowest BCUT2D eigenvalue weighted by atomic mass is 10.1. The Bertz CT molecular complexity index is 740. The molecular weight excluding hydrogens is 500 g/mol. The zero-order valence-corrected chi connectivity index (χ0v) is 20.3. The number of morpholine rings is 1. The van der Waals surface area contributed by atoms with E-state index >= 15 is 0 Å². The summed E-state index contributed by atoms with van der Waals surface area (Å²) in [5, 5.41) is 6.61. The molecule has 2 fully saturated rings. The summed E-state index contributed by atoms with van der Waals surface area (Å²) >= 11 is 0. The number of anilines is 1. The molecule has 1 amide bonds. The van der Waals surface area contributed by atoms with Gasteiger partial charge in [0.1, 0.15) is 5.82 Å². The average Bonchev–Trinajstić information content (AvgIpc) is 3.19. The molecule has 0 spiro atoms. The van der Waals surface area contributed by atoms with Gasteiger partial charge in [0.2, 0.25) is 5.91 Å². The molecule has 1 aromatic carbocycles. The second-order valence-electron chi connectivity index (χ2n) is 7.88. The SMILES string of the molecule is CN=C(NCc1ccc(N2CCOCC2)c(F)c1)NC1CCN(C(=O)C(C)C)C1.I. The summed E-state index contributed by atoms with van der Waals surface area (Å²) in [7, 11) is 1.71. The van der Waals surface area contributed by atoms with Crippen LogP contribution in [-0.2, 0) is 16.1 Å². The Labute approximate surface area is 195 Å². The van der Waals surface area contributed by atoms with E-state index in [-0.39, 0.29) is 47.7 Å². The minimum absolute atomic E-state index is 0. The summed E-state index contributed by atoms with van der Waals surface area (Å²) in [4.78, 5) is 20.3. The molecule has 7 nitrogen and oxygen atoms in total. The minimum atomic E-state index is -0.215. The number of hydrogen-bond acceptors (Lipinski definition) is 4. The van der Waals surface area contributed by atoms with Gasteiger partial charge < -0.3 is 25.2 Å². The summed E-state index contributed by atoms with van der Waals surface area (Å²) in [5.74, 6) is 0.647. The highest BCUT2D eigenvalue weighted by Gasteiger charge is 2.28. The number of nitrogens with zero attached hydrogens (tertiary/aromatic N) is 3. The minimum Gasteiger partial charge on any atom is -0.378 e. The van der Waals surface area contributed by atoms with E-state index in [4.69, 9.17) is 4.74 Å². The Morgan fingerprint density at radius 2 is 2.03 bits per heavy atom. The molecule has 0 saturated carbocycles. The maximum atomic E-state index is 14.6. The van der Waals surface area contributed by atoms with Gasteiger partial charge in [-0.3, -0.25) is 9.79 Å². The zero-order valence-electron chi connectivity index (χ0n) is 18.0. The molecule has 1 aromatic rings. The maximum Gasteiger partial charge on any atom is 0.225 e. The second kappa shape index (κ2) is 11.7. The Morgan fingerprint density at radius 3 is 2.67 bits per heavy atom. The van der Waals surface area contributed by atoms with Crippen LogP contribution in [-0.4, -0.2) is 69.2 Å².